The largest absolute Gasteiger partial charge is 0.497 e. The van der Waals surface area contributed by atoms with E-state index in [0.717, 1.165) is 22.5 Å². The predicted molar refractivity (Wildman–Crippen MR) is 95.0 cm³/mol. The molecule has 0 saturated carbocycles. The zero-order chi connectivity index (χ0) is 16.8. The van der Waals surface area contributed by atoms with E-state index >= 15 is 0 Å². The van der Waals surface area contributed by atoms with Crippen LogP contribution in [0.4, 0.5) is 0 Å². The fourth-order valence-electron chi connectivity index (χ4n) is 2.72. The first kappa shape index (κ1) is 15.2. The van der Waals surface area contributed by atoms with Crippen LogP contribution >= 0.6 is 23.2 Å². The average Bonchev–Trinajstić information content (AvgIpc) is 2.93. The quantitative estimate of drug-likeness (QED) is 0.526. The number of halogens is 2. The van der Waals surface area contributed by atoms with Crippen LogP contribution in [-0.2, 0) is 0 Å². The molecular weight excluding hydrogens is 347 g/mol. The summed E-state index contributed by atoms with van der Waals surface area (Å²) in [5, 5.41) is 9.75. The first-order valence-corrected chi connectivity index (χ1v) is 7.99. The van der Waals surface area contributed by atoms with Crippen LogP contribution in [0.2, 0.25) is 10.0 Å². The zero-order valence-corrected chi connectivity index (χ0v) is 14.4. The van der Waals surface area contributed by atoms with E-state index in [0.29, 0.717) is 27.0 Å². The van der Waals surface area contributed by atoms with Crippen LogP contribution in [0.15, 0.2) is 36.4 Å². The molecule has 4 aromatic rings. The zero-order valence-electron chi connectivity index (χ0n) is 12.9. The van der Waals surface area contributed by atoms with Crippen molar-refractivity contribution in [1.29, 1.82) is 0 Å². The number of rotatable bonds is 2. The Balaban J connectivity index is 2.12. The second-order valence-electron chi connectivity index (χ2n) is 5.36. The summed E-state index contributed by atoms with van der Waals surface area (Å²) in [5.74, 6) is 1.40. The van der Waals surface area contributed by atoms with Crippen molar-refractivity contribution in [1.82, 2.24) is 19.6 Å². The smallest absolute Gasteiger partial charge is 0.183 e. The fraction of sp³-hybridized carbons (Fsp3) is 0.118. The summed E-state index contributed by atoms with van der Waals surface area (Å²) in [6.45, 7) is 1.89. The molecule has 0 unspecified atom stereocenters. The van der Waals surface area contributed by atoms with E-state index in [-0.39, 0.29) is 0 Å². The van der Waals surface area contributed by atoms with Crippen LogP contribution in [-0.4, -0.2) is 26.7 Å². The van der Waals surface area contributed by atoms with E-state index in [9.17, 15) is 0 Å². The number of aryl methyl sites for hydroxylation is 1. The van der Waals surface area contributed by atoms with E-state index in [1.165, 1.54) is 0 Å². The van der Waals surface area contributed by atoms with Crippen LogP contribution < -0.4 is 4.74 Å². The van der Waals surface area contributed by atoms with Gasteiger partial charge in [-0.2, -0.15) is 0 Å². The Bertz CT molecular complexity index is 1090. The van der Waals surface area contributed by atoms with Crippen molar-refractivity contribution in [2.24, 2.45) is 0 Å². The molecule has 4 rings (SSSR count). The Morgan fingerprint density at radius 3 is 2.67 bits per heavy atom. The van der Waals surface area contributed by atoms with Gasteiger partial charge in [0.15, 0.2) is 5.65 Å². The summed E-state index contributed by atoms with van der Waals surface area (Å²) in [6, 6.07) is 10.9. The van der Waals surface area contributed by atoms with E-state index in [4.69, 9.17) is 27.9 Å². The molecule has 0 amide bonds. The van der Waals surface area contributed by atoms with Gasteiger partial charge in [-0.1, -0.05) is 23.2 Å². The second-order valence-corrected chi connectivity index (χ2v) is 6.20. The second kappa shape index (κ2) is 5.61. The van der Waals surface area contributed by atoms with Crippen LogP contribution in [0.25, 0.3) is 28.1 Å². The molecule has 7 heteroatoms. The van der Waals surface area contributed by atoms with E-state index in [2.05, 4.69) is 15.2 Å². The molecule has 2 aromatic carbocycles. The Labute approximate surface area is 147 Å². The van der Waals surface area contributed by atoms with Crippen molar-refractivity contribution in [3.8, 4) is 17.1 Å². The molecule has 0 aliphatic rings. The summed E-state index contributed by atoms with van der Waals surface area (Å²) in [7, 11) is 1.62. The van der Waals surface area contributed by atoms with Crippen molar-refractivity contribution < 1.29 is 4.74 Å². The van der Waals surface area contributed by atoms with Gasteiger partial charge in [-0.05, 0) is 37.3 Å². The highest BCUT2D eigenvalue weighted by Gasteiger charge is 2.17. The number of hydrogen-bond acceptors (Lipinski definition) is 4. The third kappa shape index (κ3) is 2.28. The molecule has 0 radical (unpaired) electrons. The number of methoxy groups -OCH3 is 1. The molecule has 5 nitrogen and oxygen atoms in total. The number of benzene rings is 2. The molecule has 2 heterocycles. The molecule has 120 valence electrons. The number of ether oxygens (including phenoxy) is 1. The molecule has 0 aliphatic carbocycles. The van der Waals surface area contributed by atoms with Crippen molar-refractivity contribution in [3.63, 3.8) is 0 Å². The van der Waals surface area contributed by atoms with Gasteiger partial charge in [0.2, 0.25) is 0 Å². The number of aromatic nitrogens is 4. The lowest BCUT2D eigenvalue weighted by atomic mass is 10.2. The number of hydrogen-bond donors (Lipinski definition) is 0. The topological polar surface area (TPSA) is 52.3 Å². The SMILES string of the molecule is COc1ccc2c(c1)nnc1c(C)nc(-c3cc(Cl)ccc3Cl)n12. The molecule has 2 aromatic heterocycles. The Morgan fingerprint density at radius 2 is 1.88 bits per heavy atom. The van der Waals surface area contributed by atoms with Crippen molar-refractivity contribution in [2.45, 2.75) is 6.92 Å². The minimum Gasteiger partial charge on any atom is -0.497 e. The summed E-state index contributed by atoms with van der Waals surface area (Å²) in [6.07, 6.45) is 0. The number of fused-ring (bicyclic) bond motifs is 3. The number of imidazole rings is 1. The lowest BCUT2D eigenvalue weighted by Crippen LogP contribution is -1.98. The van der Waals surface area contributed by atoms with E-state index in [1.807, 2.05) is 29.5 Å². The first-order chi connectivity index (χ1) is 11.6. The Kier molecular flexibility index (Phi) is 3.55. The minimum atomic E-state index is 0.574. The van der Waals surface area contributed by atoms with Gasteiger partial charge in [-0.25, -0.2) is 4.98 Å². The van der Waals surface area contributed by atoms with Crippen LogP contribution in [0.3, 0.4) is 0 Å². The fourth-order valence-corrected chi connectivity index (χ4v) is 3.09. The van der Waals surface area contributed by atoms with Gasteiger partial charge in [0.25, 0.3) is 0 Å². The highest BCUT2D eigenvalue weighted by atomic mass is 35.5. The monoisotopic (exact) mass is 358 g/mol. The standard InChI is InChI=1S/C17H12Cl2N4O/c1-9-16-22-21-14-8-11(24-2)4-6-15(14)23(16)17(20-9)12-7-10(18)3-5-13(12)19/h3-8H,1-2H3. The maximum absolute atomic E-state index is 6.37. The van der Waals surface area contributed by atoms with Crippen molar-refractivity contribution in [2.75, 3.05) is 7.11 Å². The first-order valence-electron chi connectivity index (χ1n) is 7.23. The van der Waals surface area contributed by atoms with Gasteiger partial charge in [-0.3, -0.25) is 4.40 Å². The Morgan fingerprint density at radius 1 is 1.04 bits per heavy atom. The summed E-state index contributed by atoms with van der Waals surface area (Å²) >= 11 is 12.5. The summed E-state index contributed by atoms with van der Waals surface area (Å²) < 4.78 is 7.20. The van der Waals surface area contributed by atoms with E-state index in [1.54, 1.807) is 25.3 Å². The highest BCUT2D eigenvalue weighted by molar-refractivity contribution is 6.35. The van der Waals surface area contributed by atoms with Gasteiger partial charge >= 0.3 is 0 Å². The van der Waals surface area contributed by atoms with Crippen LogP contribution in [0.1, 0.15) is 5.69 Å². The van der Waals surface area contributed by atoms with Gasteiger partial charge in [0, 0.05) is 16.7 Å². The predicted octanol–water partition coefficient (Wildman–Crippen LogP) is 4.57. The molecular formula is C17H12Cl2N4O. The van der Waals surface area contributed by atoms with Gasteiger partial charge in [0.1, 0.15) is 17.1 Å². The van der Waals surface area contributed by atoms with E-state index < -0.39 is 0 Å². The van der Waals surface area contributed by atoms with Gasteiger partial charge < -0.3 is 4.74 Å². The molecule has 0 aliphatic heterocycles. The summed E-state index contributed by atoms with van der Waals surface area (Å²) in [4.78, 5) is 4.64. The van der Waals surface area contributed by atoms with Gasteiger partial charge in [0.05, 0.1) is 23.3 Å². The van der Waals surface area contributed by atoms with Crippen LogP contribution in [0, 0.1) is 6.92 Å². The molecule has 0 saturated heterocycles. The van der Waals surface area contributed by atoms with Crippen LogP contribution in [0.5, 0.6) is 5.75 Å². The Hall–Kier alpha value is -2.37. The molecule has 0 bridgehead atoms. The molecule has 24 heavy (non-hydrogen) atoms. The van der Waals surface area contributed by atoms with Gasteiger partial charge in [-0.15, -0.1) is 10.2 Å². The summed E-state index contributed by atoms with van der Waals surface area (Å²) in [5.41, 5.74) is 3.77. The molecule has 0 fully saturated rings. The normalized spacial score (nSPS) is 11.3. The number of nitrogens with zero attached hydrogens (tertiary/aromatic N) is 4. The molecule has 0 atom stereocenters. The lowest BCUT2D eigenvalue weighted by molar-refractivity contribution is 0.415. The maximum atomic E-state index is 6.37. The lowest BCUT2D eigenvalue weighted by Gasteiger charge is -2.08. The maximum Gasteiger partial charge on any atom is 0.183 e. The molecule has 0 spiro atoms. The van der Waals surface area contributed by atoms with Crippen molar-refractivity contribution in [3.05, 3.63) is 52.1 Å². The van der Waals surface area contributed by atoms with Crippen molar-refractivity contribution >= 4 is 39.9 Å². The third-order valence-electron chi connectivity index (χ3n) is 3.87. The highest BCUT2D eigenvalue weighted by Crippen LogP contribution is 2.32. The molecule has 0 N–H and O–H groups in total. The third-order valence-corrected chi connectivity index (χ3v) is 4.43. The minimum absolute atomic E-state index is 0.574. The average molecular weight is 359 g/mol.